The Hall–Kier alpha value is -0.600. The van der Waals surface area contributed by atoms with E-state index in [0.717, 1.165) is 18.4 Å². The zero-order valence-corrected chi connectivity index (χ0v) is 11.3. The summed E-state index contributed by atoms with van der Waals surface area (Å²) in [6, 6.07) is 3.57. The smallest absolute Gasteiger partial charge is 0.129 e. The summed E-state index contributed by atoms with van der Waals surface area (Å²) in [4.78, 5) is 3.97. The third-order valence-corrected chi connectivity index (χ3v) is 3.19. The van der Waals surface area contributed by atoms with Gasteiger partial charge in [0, 0.05) is 6.20 Å². The van der Waals surface area contributed by atoms with Gasteiger partial charge >= 0.3 is 0 Å². The van der Waals surface area contributed by atoms with Gasteiger partial charge in [0.2, 0.25) is 0 Å². The van der Waals surface area contributed by atoms with Gasteiger partial charge < -0.3 is 5.11 Å². The number of pyridine rings is 1. The highest BCUT2D eigenvalue weighted by atomic mass is 35.5. The van der Waals surface area contributed by atoms with Gasteiger partial charge in [0.1, 0.15) is 5.15 Å². The molecular weight excluding hydrogens is 234 g/mol. The quantitative estimate of drug-likeness (QED) is 0.547. The van der Waals surface area contributed by atoms with E-state index in [1.54, 1.807) is 12.3 Å². The summed E-state index contributed by atoms with van der Waals surface area (Å²) in [6.07, 6.45) is 9.55. The van der Waals surface area contributed by atoms with Crippen LogP contribution in [0.5, 0.6) is 0 Å². The molecule has 2 nitrogen and oxygen atoms in total. The van der Waals surface area contributed by atoms with Crippen LogP contribution >= 0.6 is 11.6 Å². The van der Waals surface area contributed by atoms with Crippen molar-refractivity contribution in [3.05, 3.63) is 29.0 Å². The topological polar surface area (TPSA) is 33.1 Å². The molecular formula is C14H22ClNO. The van der Waals surface area contributed by atoms with Crippen LogP contribution in [-0.2, 0) is 0 Å². The van der Waals surface area contributed by atoms with Crippen molar-refractivity contribution in [1.82, 2.24) is 4.98 Å². The van der Waals surface area contributed by atoms with Crippen LogP contribution in [0.15, 0.2) is 18.3 Å². The van der Waals surface area contributed by atoms with Crippen LogP contribution in [0.4, 0.5) is 0 Å². The molecule has 0 aliphatic rings. The van der Waals surface area contributed by atoms with Gasteiger partial charge in [-0.05, 0) is 18.1 Å². The summed E-state index contributed by atoms with van der Waals surface area (Å²) in [6.45, 7) is 2.22. The average Bonchev–Trinajstić information content (AvgIpc) is 2.34. The minimum Gasteiger partial charge on any atom is -0.388 e. The fourth-order valence-electron chi connectivity index (χ4n) is 1.87. The van der Waals surface area contributed by atoms with E-state index < -0.39 is 6.10 Å². The van der Waals surface area contributed by atoms with E-state index >= 15 is 0 Å². The molecule has 0 saturated heterocycles. The Balaban J connectivity index is 2.16. The third-order valence-electron chi connectivity index (χ3n) is 2.97. The van der Waals surface area contributed by atoms with E-state index in [-0.39, 0.29) is 0 Å². The standard InChI is InChI=1S/C14H22ClNO/c1-2-3-4-5-6-7-8-13(17)12-9-10-14(15)16-11-12/h9-11,13,17H,2-8H2,1H3. The van der Waals surface area contributed by atoms with Gasteiger partial charge in [0.25, 0.3) is 0 Å². The fourth-order valence-corrected chi connectivity index (χ4v) is 1.98. The number of nitrogens with zero attached hydrogens (tertiary/aromatic N) is 1. The second kappa shape index (κ2) is 8.48. The Labute approximate surface area is 109 Å². The number of halogens is 1. The van der Waals surface area contributed by atoms with Crippen LogP contribution in [0.1, 0.15) is 63.5 Å². The summed E-state index contributed by atoms with van der Waals surface area (Å²) >= 11 is 5.70. The van der Waals surface area contributed by atoms with Crippen LogP contribution in [0.2, 0.25) is 5.15 Å². The Morgan fingerprint density at radius 3 is 2.53 bits per heavy atom. The van der Waals surface area contributed by atoms with E-state index in [4.69, 9.17) is 11.6 Å². The second-order valence-electron chi connectivity index (χ2n) is 4.49. The normalized spacial score (nSPS) is 12.6. The molecule has 1 N–H and O–H groups in total. The van der Waals surface area contributed by atoms with Crippen LogP contribution in [-0.4, -0.2) is 10.1 Å². The molecule has 0 spiro atoms. The predicted octanol–water partition coefficient (Wildman–Crippen LogP) is 4.52. The summed E-state index contributed by atoms with van der Waals surface area (Å²) < 4.78 is 0. The Morgan fingerprint density at radius 1 is 1.18 bits per heavy atom. The summed E-state index contributed by atoms with van der Waals surface area (Å²) in [5.74, 6) is 0. The van der Waals surface area contributed by atoms with Gasteiger partial charge in [-0.2, -0.15) is 0 Å². The van der Waals surface area contributed by atoms with Crippen molar-refractivity contribution in [1.29, 1.82) is 0 Å². The maximum absolute atomic E-state index is 9.93. The molecule has 1 atom stereocenters. The molecule has 0 aliphatic heterocycles. The monoisotopic (exact) mass is 255 g/mol. The summed E-state index contributed by atoms with van der Waals surface area (Å²) in [5.41, 5.74) is 0.864. The largest absolute Gasteiger partial charge is 0.388 e. The molecule has 0 bridgehead atoms. The number of hydrogen-bond donors (Lipinski definition) is 1. The molecule has 0 amide bonds. The van der Waals surface area contributed by atoms with Crippen molar-refractivity contribution in [2.45, 2.75) is 58.0 Å². The van der Waals surface area contributed by atoms with Gasteiger partial charge in [-0.3, -0.25) is 0 Å². The molecule has 1 heterocycles. The molecule has 1 unspecified atom stereocenters. The maximum atomic E-state index is 9.93. The average molecular weight is 256 g/mol. The highest BCUT2D eigenvalue weighted by molar-refractivity contribution is 6.29. The molecule has 1 aromatic heterocycles. The molecule has 0 radical (unpaired) electrons. The number of aromatic nitrogens is 1. The first-order valence-corrected chi connectivity index (χ1v) is 6.91. The van der Waals surface area contributed by atoms with E-state index in [9.17, 15) is 5.11 Å². The zero-order chi connectivity index (χ0) is 12.5. The lowest BCUT2D eigenvalue weighted by molar-refractivity contribution is 0.163. The van der Waals surface area contributed by atoms with Crippen molar-refractivity contribution in [2.24, 2.45) is 0 Å². The SMILES string of the molecule is CCCCCCCCC(O)c1ccc(Cl)nc1. The lowest BCUT2D eigenvalue weighted by Crippen LogP contribution is -1.98. The number of aliphatic hydroxyl groups excluding tert-OH is 1. The molecule has 96 valence electrons. The minimum atomic E-state index is -0.397. The molecule has 0 aromatic carbocycles. The van der Waals surface area contributed by atoms with E-state index in [1.807, 2.05) is 6.07 Å². The van der Waals surface area contributed by atoms with Crippen LogP contribution < -0.4 is 0 Å². The lowest BCUT2D eigenvalue weighted by Gasteiger charge is -2.10. The first-order chi connectivity index (χ1) is 8.24. The second-order valence-corrected chi connectivity index (χ2v) is 4.87. The van der Waals surface area contributed by atoms with E-state index in [2.05, 4.69) is 11.9 Å². The number of unbranched alkanes of at least 4 members (excludes halogenated alkanes) is 5. The van der Waals surface area contributed by atoms with Crippen molar-refractivity contribution in [3.63, 3.8) is 0 Å². The van der Waals surface area contributed by atoms with Gasteiger partial charge in [-0.15, -0.1) is 0 Å². The molecule has 0 aliphatic carbocycles. The summed E-state index contributed by atoms with van der Waals surface area (Å²) in [5, 5.41) is 10.4. The Morgan fingerprint density at radius 2 is 1.88 bits per heavy atom. The van der Waals surface area contributed by atoms with Gasteiger partial charge in [0.05, 0.1) is 6.10 Å². The Bertz CT molecular complexity index is 300. The third kappa shape index (κ3) is 6.04. The van der Waals surface area contributed by atoms with Crippen LogP contribution in [0.25, 0.3) is 0 Å². The zero-order valence-electron chi connectivity index (χ0n) is 10.5. The number of rotatable bonds is 8. The molecule has 0 saturated carbocycles. The maximum Gasteiger partial charge on any atom is 0.129 e. The minimum absolute atomic E-state index is 0.397. The van der Waals surface area contributed by atoms with Gasteiger partial charge in [0.15, 0.2) is 0 Å². The van der Waals surface area contributed by atoms with Gasteiger partial charge in [-0.25, -0.2) is 4.98 Å². The van der Waals surface area contributed by atoms with Crippen molar-refractivity contribution >= 4 is 11.6 Å². The highest BCUT2D eigenvalue weighted by Crippen LogP contribution is 2.20. The van der Waals surface area contributed by atoms with Crippen molar-refractivity contribution in [3.8, 4) is 0 Å². The summed E-state index contributed by atoms with van der Waals surface area (Å²) in [7, 11) is 0. The van der Waals surface area contributed by atoms with Crippen LogP contribution in [0.3, 0.4) is 0 Å². The molecule has 1 rings (SSSR count). The fraction of sp³-hybridized carbons (Fsp3) is 0.643. The van der Waals surface area contributed by atoms with E-state index in [0.29, 0.717) is 5.15 Å². The van der Waals surface area contributed by atoms with Crippen molar-refractivity contribution in [2.75, 3.05) is 0 Å². The molecule has 0 fully saturated rings. The molecule has 3 heteroatoms. The first kappa shape index (κ1) is 14.5. The lowest BCUT2D eigenvalue weighted by atomic mass is 10.0. The number of hydrogen-bond acceptors (Lipinski definition) is 2. The molecule has 1 aromatic rings. The van der Waals surface area contributed by atoms with Crippen LogP contribution in [0, 0.1) is 0 Å². The first-order valence-electron chi connectivity index (χ1n) is 6.53. The molecule has 17 heavy (non-hydrogen) atoms. The number of aliphatic hydroxyl groups is 1. The van der Waals surface area contributed by atoms with Crippen molar-refractivity contribution < 1.29 is 5.11 Å². The Kier molecular flexibility index (Phi) is 7.22. The van der Waals surface area contributed by atoms with Gasteiger partial charge in [-0.1, -0.05) is 63.1 Å². The predicted molar refractivity (Wildman–Crippen MR) is 72.2 cm³/mol. The van der Waals surface area contributed by atoms with E-state index in [1.165, 1.54) is 32.1 Å². The highest BCUT2D eigenvalue weighted by Gasteiger charge is 2.07.